The first-order chi connectivity index (χ1) is 9.58. The summed E-state index contributed by atoms with van der Waals surface area (Å²) in [6, 6.07) is 8.19. The number of carboxylic acids is 1. The highest BCUT2D eigenvalue weighted by atomic mass is 32.2. The molecule has 3 nitrogen and oxygen atoms in total. The first kappa shape index (κ1) is 15.4. The Hall–Kier alpha value is -1.00. The summed E-state index contributed by atoms with van der Waals surface area (Å²) in [5.74, 6) is 0.530. The van der Waals surface area contributed by atoms with Gasteiger partial charge in [-0.2, -0.15) is 0 Å². The Bertz CT molecular complexity index is 446. The molecular formula is C16H23NO2S. The minimum absolute atomic E-state index is 0.255. The average Bonchev–Trinajstić information content (AvgIpc) is 2.40. The molecule has 1 heterocycles. The van der Waals surface area contributed by atoms with Gasteiger partial charge in [0.2, 0.25) is 0 Å². The molecule has 110 valence electrons. The van der Waals surface area contributed by atoms with Crippen molar-refractivity contribution in [3.8, 4) is 0 Å². The van der Waals surface area contributed by atoms with E-state index in [0.29, 0.717) is 0 Å². The average molecular weight is 293 g/mol. The largest absolute Gasteiger partial charge is 0.480 e. The molecule has 0 aliphatic carbocycles. The van der Waals surface area contributed by atoms with E-state index >= 15 is 0 Å². The Kier molecular flexibility index (Phi) is 5.49. The fraction of sp³-hybridized carbons (Fsp3) is 0.562. The van der Waals surface area contributed by atoms with E-state index in [1.807, 2.05) is 0 Å². The van der Waals surface area contributed by atoms with E-state index in [4.69, 9.17) is 0 Å². The van der Waals surface area contributed by atoms with Crippen LogP contribution < -0.4 is 0 Å². The van der Waals surface area contributed by atoms with Gasteiger partial charge in [-0.15, -0.1) is 11.8 Å². The molecule has 2 atom stereocenters. The van der Waals surface area contributed by atoms with Crippen LogP contribution in [0, 0.1) is 12.8 Å². The minimum Gasteiger partial charge on any atom is -0.480 e. The number of nitrogens with zero attached hydrogens (tertiary/aromatic N) is 1. The Morgan fingerprint density at radius 1 is 1.40 bits per heavy atom. The molecule has 20 heavy (non-hydrogen) atoms. The number of aryl methyl sites for hydroxylation is 1. The van der Waals surface area contributed by atoms with Crippen LogP contribution in [0.15, 0.2) is 29.2 Å². The van der Waals surface area contributed by atoms with Crippen LogP contribution in [0.2, 0.25) is 0 Å². The molecule has 1 aromatic carbocycles. The molecule has 0 spiro atoms. The lowest BCUT2D eigenvalue weighted by Gasteiger charge is -2.37. The smallest absolute Gasteiger partial charge is 0.321 e. The number of piperidine rings is 1. The highest BCUT2D eigenvalue weighted by Crippen LogP contribution is 2.25. The van der Waals surface area contributed by atoms with E-state index in [0.717, 1.165) is 31.7 Å². The van der Waals surface area contributed by atoms with Crippen LogP contribution in [0.4, 0.5) is 0 Å². The second-order valence-electron chi connectivity index (χ2n) is 5.60. The molecular weight excluding hydrogens is 270 g/mol. The minimum atomic E-state index is -0.669. The SMILES string of the molecule is Cc1ccc(SCCN2CCCC(C)C2C(=O)O)cc1. The number of carboxylic acid groups (broad SMARTS) is 1. The monoisotopic (exact) mass is 293 g/mol. The van der Waals surface area contributed by atoms with Crippen LogP contribution in [0.3, 0.4) is 0 Å². The fourth-order valence-corrected chi connectivity index (χ4v) is 3.73. The number of benzene rings is 1. The number of hydrogen-bond donors (Lipinski definition) is 1. The first-order valence-corrected chi connectivity index (χ1v) is 8.23. The predicted molar refractivity (Wildman–Crippen MR) is 83.3 cm³/mol. The highest BCUT2D eigenvalue weighted by molar-refractivity contribution is 7.99. The van der Waals surface area contributed by atoms with E-state index < -0.39 is 5.97 Å². The molecule has 1 aliphatic rings. The van der Waals surface area contributed by atoms with Crippen molar-refractivity contribution in [2.24, 2.45) is 5.92 Å². The normalized spacial score (nSPS) is 23.7. The van der Waals surface area contributed by atoms with Crippen molar-refractivity contribution < 1.29 is 9.90 Å². The molecule has 1 N–H and O–H groups in total. The zero-order valence-electron chi connectivity index (χ0n) is 12.2. The Morgan fingerprint density at radius 3 is 2.75 bits per heavy atom. The summed E-state index contributed by atoms with van der Waals surface area (Å²) in [6.07, 6.45) is 2.14. The van der Waals surface area contributed by atoms with Gasteiger partial charge in [0.15, 0.2) is 0 Å². The maximum atomic E-state index is 11.4. The van der Waals surface area contributed by atoms with Crippen molar-refractivity contribution in [3.63, 3.8) is 0 Å². The van der Waals surface area contributed by atoms with Crippen molar-refractivity contribution in [3.05, 3.63) is 29.8 Å². The standard InChI is InChI=1S/C16H23NO2S/c1-12-5-7-14(8-6-12)20-11-10-17-9-3-4-13(2)15(17)16(18)19/h5-8,13,15H,3-4,9-11H2,1-2H3,(H,18,19). The van der Waals surface area contributed by atoms with Gasteiger partial charge in [0.05, 0.1) is 0 Å². The topological polar surface area (TPSA) is 40.5 Å². The zero-order valence-corrected chi connectivity index (χ0v) is 13.0. The molecule has 0 radical (unpaired) electrons. The third-order valence-corrected chi connectivity index (χ3v) is 4.95. The van der Waals surface area contributed by atoms with Crippen molar-refractivity contribution >= 4 is 17.7 Å². The molecule has 1 aromatic rings. The summed E-state index contributed by atoms with van der Waals surface area (Å²) in [6.45, 7) is 5.90. The molecule has 2 rings (SSSR count). The third kappa shape index (κ3) is 4.00. The quantitative estimate of drug-likeness (QED) is 0.846. The van der Waals surface area contributed by atoms with Crippen molar-refractivity contribution in [1.29, 1.82) is 0 Å². The lowest BCUT2D eigenvalue weighted by molar-refractivity contribution is -0.146. The molecule has 1 saturated heterocycles. The highest BCUT2D eigenvalue weighted by Gasteiger charge is 2.33. The number of aliphatic carboxylic acids is 1. The van der Waals surface area contributed by atoms with E-state index in [1.165, 1.54) is 10.5 Å². The van der Waals surface area contributed by atoms with Gasteiger partial charge in [0, 0.05) is 17.2 Å². The van der Waals surface area contributed by atoms with Gasteiger partial charge in [0.1, 0.15) is 6.04 Å². The molecule has 2 unspecified atom stereocenters. The number of hydrogen-bond acceptors (Lipinski definition) is 3. The number of carbonyl (C=O) groups is 1. The summed E-state index contributed by atoms with van der Waals surface area (Å²) in [5, 5.41) is 9.38. The van der Waals surface area contributed by atoms with Gasteiger partial charge in [-0.3, -0.25) is 9.69 Å². The molecule has 0 saturated carbocycles. The second-order valence-corrected chi connectivity index (χ2v) is 6.77. The van der Waals surface area contributed by atoms with Crippen molar-refractivity contribution in [2.45, 2.75) is 37.6 Å². The van der Waals surface area contributed by atoms with Crippen LogP contribution in [-0.2, 0) is 4.79 Å². The van der Waals surface area contributed by atoms with Gasteiger partial charge in [-0.05, 0) is 44.4 Å². The van der Waals surface area contributed by atoms with Crippen LogP contribution in [0.5, 0.6) is 0 Å². The van der Waals surface area contributed by atoms with Gasteiger partial charge in [-0.1, -0.05) is 24.6 Å². The Labute approximate surface area is 125 Å². The summed E-state index contributed by atoms with van der Waals surface area (Å²) in [5.41, 5.74) is 1.27. The van der Waals surface area contributed by atoms with E-state index in [9.17, 15) is 9.90 Å². The Balaban J connectivity index is 1.85. The zero-order chi connectivity index (χ0) is 14.5. The molecule has 1 fully saturated rings. The van der Waals surface area contributed by atoms with Crippen molar-refractivity contribution in [1.82, 2.24) is 4.90 Å². The number of likely N-dealkylation sites (tertiary alicyclic amines) is 1. The molecule has 4 heteroatoms. The summed E-state index contributed by atoms with van der Waals surface area (Å²) >= 11 is 1.80. The molecule has 1 aliphatic heterocycles. The Morgan fingerprint density at radius 2 is 2.10 bits per heavy atom. The molecule has 0 bridgehead atoms. The summed E-state index contributed by atoms with van der Waals surface area (Å²) in [7, 11) is 0. The van der Waals surface area contributed by atoms with E-state index in [2.05, 4.69) is 43.0 Å². The van der Waals surface area contributed by atoms with Crippen LogP contribution in [-0.4, -0.2) is 40.9 Å². The number of thioether (sulfide) groups is 1. The first-order valence-electron chi connectivity index (χ1n) is 7.24. The van der Waals surface area contributed by atoms with E-state index in [1.54, 1.807) is 11.8 Å². The lowest BCUT2D eigenvalue weighted by atomic mass is 9.91. The third-order valence-electron chi connectivity index (χ3n) is 3.96. The van der Waals surface area contributed by atoms with Crippen molar-refractivity contribution in [2.75, 3.05) is 18.8 Å². The fourth-order valence-electron chi connectivity index (χ4n) is 2.84. The van der Waals surface area contributed by atoms with Crippen LogP contribution in [0.25, 0.3) is 0 Å². The lowest BCUT2D eigenvalue weighted by Crippen LogP contribution is -2.49. The predicted octanol–water partition coefficient (Wildman–Crippen LogP) is 3.27. The van der Waals surface area contributed by atoms with Crippen LogP contribution in [0.1, 0.15) is 25.3 Å². The summed E-state index contributed by atoms with van der Waals surface area (Å²) in [4.78, 5) is 14.8. The second kappa shape index (κ2) is 7.14. The number of rotatable bonds is 5. The van der Waals surface area contributed by atoms with Gasteiger partial charge < -0.3 is 5.11 Å². The molecule has 0 aromatic heterocycles. The van der Waals surface area contributed by atoms with Gasteiger partial charge in [-0.25, -0.2) is 0 Å². The van der Waals surface area contributed by atoms with Crippen LogP contribution >= 0.6 is 11.8 Å². The molecule has 0 amide bonds. The summed E-state index contributed by atoms with van der Waals surface area (Å²) < 4.78 is 0. The van der Waals surface area contributed by atoms with Gasteiger partial charge in [0.25, 0.3) is 0 Å². The maximum Gasteiger partial charge on any atom is 0.321 e. The maximum absolute atomic E-state index is 11.4. The van der Waals surface area contributed by atoms with Gasteiger partial charge >= 0.3 is 5.97 Å². The van der Waals surface area contributed by atoms with E-state index in [-0.39, 0.29) is 12.0 Å².